The van der Waals surface area contributed by atoms with E-state index in [1.165, 1.54) is 6.07 Å². The van der Waals surface area contributed by atoms with E-state index in [4.69, 9.17) is 4.74 Å². The SMILES string of the molecule is CCCNc1c(F)cccc1C(=O)N(C)CC1CCCO1. The van der Waals surface area contributed by atoms with E-state index in [9.17, 15) is 9.18 Å². The summed E-state index contributed by atoms with van der Waals surface area (Å²) < 4.78 is 19.5. The first kappa shape index (κ1) is 15.8. The van der Waals surface area contributed by atoms with Gasteiger partial charge >= 0.3 is 0 Å². The monoisotopic (exact) mass is 294 g/mol. The molecule has 0 spiro atoms. The third kappa shape index (κ3) is 3.94. The second-order valence-corrected chi connectivity index (χ2v) is 5.41. The molecular formula is C16H23FN2O2. The Balaban J connectivity index is 2.11. The van der Waals surface area contributed by atoms with Crippen molar-refractivity contribution < 1.29 is 13.9 Å². The lowest BCUT2D eigenvalue weighted by Gasteiger charge is -2.22. The van der Waals surface area contributed by atoms with Crippen LogP contribution < -0.4 is 5.32 Å². The van der Waals surface area contributed by atoms with Gasteiger partial charge in [0, 0.05) is 26.7 Å². The summed E-state index contributed by atoms with van der Waals surface area (Å²) in [5.74, 6) is -0.566. The van der Waals surface area contributed by atoms with Crippen molar-refractivity contribution in [3.8, 4) is 0 Å². The van der Waals surface area contributed by atoms with E-state index in [1.54, 1.807) is 24.1 Å². The molecule has 0 bridgehead atoms. The lowest BCUT2D eigenvalue weighted by atomic mass is 10.1. The molecule has 1 saturated heterocycles. The molecule has 116 valence electrons. The maximum absolute atomic E-state index is 13.9. The molecule has 1 aliphatic heterocycles. The van der Waals surface area contributed by atoms with Crippen molar-refractivity contribution in [2.24, 2.45) is 0 Å². The number of anilines is 1. The molecule has 1 heterocycles. The second-order valence-electron chi connectivity index (χ2n) is 5.41. The van der Waals surface area contributed by atoms with Crippen LogP contribution in [0.15, 0.2) is 18.2 Å². The summed E-state index contributed by atoms with van der Waals surface area (Å²) in [5.41, 5.74) is 0.674. The molecule has 4 nitrogen and oxygen atoms in total. The second kappa shape index (κ2) is 7.41. The summed E-state index contributed by atoms with van der Waals surface area (Å²) in [5, 5.41) is 3.01. The molecule has 1 atom stereocenters. The number of carbonyl (C=O) groups is 1. The molecule has 21 heavy (non-hydrogen) atoms. The lowest BCUT2D eigenvalue weighted by molar-refractivity contribution is 0.0587. The van der Waals surface area contributed by atoms with Crippen LogP contribution >= 0.6 is 0 Å². The highest BCUT2D eigenvalue weighted by Gasteiger charge is 2.23. The highest BCUT2D eigenvalue weighted by atomic mass is 19.1. The highest BCUT2D eigenvalue weighted by Crippen LogP contribution is 2.22. The fourth-order valence-corrected chi connectivity index (χ4v) is 2.51. The van der Waals surface area contributed by atoms with Crippen molar-refractivity contribution in [2.45, 2.75) is 32.3 Å². The maximum atomic E-state index is 13.9. The number of para-hydroxylation sites is 1. The van der Waals surface area contributed by atoms with Crippen LogP contribution in [0.25, 0.3) is 0 Å². The quantitative estimate of drug-likeness (QED) is 0.877. The van der Waals surface area contributed by atoms with Gasteiger partial charge in [-0.3, -0.25) is 4.79 Å². The third-order valence-corrected chi connectivity index (χ3v) is 3.64. The van der Waals surface area contributed by atoms with Gasteiger partial charge in [0.2, 0.25) is 0 Å². The molecule has 2 rings (SSSR count). The summed E-state index contributed by atoms with van der Waals surface area (Å²) in [6.45, 7) is 3.94. The van der Waals surface area contributed by atoms with E-state index >= 15 is 0 Å². The first-order valence-corrected chi connectivity index (χ1v) is 7.53. The highest BCUT2D eigenvalue weighted by molar-refractivity contribution is 5.99. The number of hydrogen-bond acceptors (Lipinski definition) is 3. The third-order valence-electron chi connectivity index (χ3n) is 3.64. The van der Waals surface area contributed by atoms with Crippen LogP contribution in [0.1, 0.15) is 36.5 Å². The molecule has 5 heteroatoms. The predicted octanol–water partition coefficient (Wildman–Crippen LogP) is 2.90. The average molecular weight is 294 g/mol. The minimum Gasteiger partial charge on any atom is -0.382 e. The van der Waals surface area contributed by atoms with Crippen LogP contribution in [0.5, 0.6) is 0 Å². The standard InChI is InChI=1S/C16H23FN2O2/c1-3-9-18-15-13(7-4-8-14(15)17)16(20)19(2)11-12-6-5-10-21-12/h4,7-8,12,18H,3,5-6,9-11H2,1-2H3. The van der Waals surface area contributed by atoms with Crippen molar-refractivity contribution in [2.75, 3.05) is 32.1 Å². The lowest BCUT2D eigenvalue weighted by Crippen LogP contribution is -2.34. The average Bonchev–Trinajstić information content (AvgIpc) is 2.98. The number of rotatable bonds is 6. The largest absolute Gasteiger partial charge is 0.382 e. The van der Waals surface area contributed by atoms with Gasteiger partial charge in [-0.2, -0.15) is 0 Å². The molecule has 1 amide bonds. The Morgan fingerprint density at radius 1 is 1.52 bits per heavy atom. The Kier molecular flexibility index (Phi) is 5.56. The molecule has 0 aliphatic carbocycles. The number of likely N-dealkylation sites (N-methyl/N-ethyl adjacent to an activating group) is 1. The zero-order valence-corrected chi connectivity index (χ0v) is 12.7. The van der Waals surface area contributed by atoms with E-state index in [1.807, 2.05) is 6.92 Å². The minimum atomic E-state index is -0.389. The summed E-state index contributed by atoms with van der Waals surface area (Å²) in [6, 6.07) is 4.60. The molecule has 0 aromatic heterocycles. The summed E-state index contributed by atoms with van der Waals surface area (Å²) >= 11 is 0. The van der Waals surface area contributed by atoms with Crippen LogP contribution in [-0.2, 0) is 4.74 Å². The molecule has 1 aliphatic rings. The number of benzene rings is 1. The van der Waals surface area contributed by atoms with E-state index in [0.29, 0.717) is 24.3 Å². The number of halogens is 1. The van der Waals surface area contributed by atoms with Crippen molar-refractivity contribution >= 4 is 11.6 Å². The van der Waals surface area contributed by atoms with Gasteiger partial charge in [-0.05, 0) is 31.4 Å². The minimum absolute atomic E-state index is 0.0968. The predicted molar refractivity (Wildman–Crippen MR) is 81.1 cm³/mol. The Bertz CT molecular complexity index is 487. The van der Waals surface area contributed by atoms with Gasteiger partial charge in [-0.25, -0.2) is 4.39 Å². The van der Waals surface area contributed by atoms with Crippen molar-refractivity contribution in [3.05, 3.63) is 29.6 Å². The number of carbonyl (C=O) groups excluding carboxylic acids is 1. The summed E-state index contributed by atoms with van der Waals surface area (Å²) in [7, 11) is 1.73. The molecule has 1 N–H and O–H groups in total. The molecular weight excluding hydrogens is 271 g/mol. The normalized spacial score (nSPS) is 17.8. The summed E-state index contributed by atoms with van der Waals surface area (Å²) in [4.78, 5) is 14.1. The van der Waals surface area contributed by atoms with Crippen LogP contribution in [-0.4, -0.2) is 43.7 Å². The van der Waals surface area contributed by atoms with Crippen LogP contribution in [0, 0.1) is 5.82 Å². The number of hydrogen-bond donors (Lipinski definition) is 1. The molecule has 0 saturated carbocycles. The Hall–Kier alpha value is -1.62. The van der Waals surface area contributed by atoms with Gasteiger partial charge in [-0.15, -0.1) is 0 Å². The molecule has 1 aromatic carbocycles. The first-order valence-electron chi connectivity index (χ1n) is 7.53. The molecule has 0 radical (unpaired) electrons. The Labute approximate surface area is 125 Å². The molecule has 1 fully saturated rings. The van der Waals surface area contributed by atoms with Gasteiger partial charge in [0.05, 0.1) is 17.4 Å². The van der Waals surface area contributed by atoms with Crippen molar-refractivity contribution in [3.63, 3.8) is 0 Å². The first-order chi connectivity index (χ1) is 10.1. The van der Waals surface area contributed by atoms with E-state index in [-0.39, 0.29) is 17.8 Å². The van der Waals surface area contributed by atoms with Crippen LogP contribution in [0.2, 0.25) is 0 Å². The number of nitrogens with zero attached hydrogens (tertiary/aromatic N) is 1. The number of ether oxygens (including phenoxy) is 1. The maximum Gasteiger partial charge on any atom is 0.255 e. The number of nitrogens with one attached hydrogen (secondary N) is 1. The molecule has 1 aromatic rings. The molecule has 1 unspecified atom stereocenters. The smallest absolute Gasteiger partial charge is 0.255 e. The topological polar surface area (TPSA) is 41.6 Å². The van der Waals surface area contributed by atoms with Gasteiger partial charge in [-0.1, -0.05) is 13.0 Å². The van der Waals surface area contributed by atoms with Gasteiger partial charge < -0.3 is 15.0 Å². The van der Waals surface area contributed by atoms with E-state index < -0.39 is 0 Å². The van der Waals surface area contributed by atoms with Gasteiger partial charge in [0.25, 0.3) is 5.91 Å². The van der Waals surface area contributed by atoms with E-state index in [2.05, 4.69) is 5.32 Å². The number of amides is 1. The van der Waals surface area contributed by atoms with Crippen LogP contribution in [0.4, 0.5) is 10.1 Å². The zero-order valence-electron chi connectivity index (χ0n) is 12.7. The Morgan fingerprint density at radius 3 is 3.00 bits per heavy atom. The van der Waals surface area contributed by atoms with Gasteiger partial charge in [0.1, 0.15) is 5.82 Å². The fourth-order valence-electron chi connectivity index (χ4n) is 2.51. The van der Waals surface area contributed by atoms with Crippen molar-refractivity contribution in [1.82, 2.24) is 4.90 Å². The van der Waals surface area contributed by atoms with E-state index in [0.717, 1.165) is 25.9 Å². The van der Waals surface area contributed by atoms with Crippen LogP contribution in [0.3, 0.4) is 0 Å². The fraction of sp³-hybridized carbons (Fsp3) is 0.562. The van der Waals surface area contributed by atoms with Gasteiger partial charge in [0.15, 0.2) is 0 Å². The summed E-state index contributed by atoms with van der Waals surface area (Å²) in [6.07, 6.45) is 2.98. The van der Waals surface area contributed by atoms with Crippen molar-refractivity contribution in [1.29, 1.82) is 0 Å². The Morgan fingerprint density at radius 2 is 2.33 bits per heavy atom. The zero-order chi connectivity index (χ0) is 15.2.